The summed E-state index contributed by atoms with van der Waals surface area (Å²) in [5.41, 5.74) is 6.51. The number of anilines is 3. The lowest BCUT2D eigenvalue weighted by molar-refractivity contribution is 0.404. The molecule has 0 bridgehead atoms. The number of benzene rings is 2. The standard InChI is InChI=1S/C37H35FN8O/c1-23-6-4-5-7-30(23)31-16-28-18-41-37(43-29-8-9-34(33(38)17-29)45-20-24(2)42-25(3)21-45)44-35(28)46(36(31)47)22-27-12-15-40-19-32(27)26-10-13-39-14-11-26/h4-19,24-25,42H,20-22H2,1-3H3,(H,41,43,44)/t24-,25+. The Balaban J connectivity index is 1.29. The van der Waals surface area contributed by atoms with Crippen molar-refractivity contribution >= 4 is 28.4 Å². The lowest BCUT2D eigenvalue weighted by atomic mass is 10.0. The third kappa shape index (κ3) is 6.19. The fourth-order valence-electron chi connectivity index (χ4n) is 6.45. The van der Waals surface area contributed by atoms with Crippen LogP contribution in [0.3, 0.4) is 0 Å². The van der Waals surface area contributed by atoms with Crippen molar-refractivity contribution in [2.45, 2.75) is 39.4 Å². The van der Waals surface area contributed by atoms with Crippen molar-refractivity contribution in [3.05, 3.63) is 125 Å². The molecular weight excluding hydrogens is 591 g/mol. The lowest BCUT2D eigenvalue weighted by Gasteiger charge is -2.37. The fraction of sp³-hybridized carbons (Fsp3) is 0.216. The Morgan fingerprint density at radius 1 is 0.894 bits per heavy atom. The highest BCUT2D eigenvalue weighted by Crippen LogP contribution is 2.29. The minimum Gasteiger partial charge on any atom is -0.366 e. The van der Waals surface area contributed by atoms with Gasteiger partial charge in [0.2, 0.25) is 5.95 Å². The van der Waals surface area contributed by atoms with E-state index in [2.05, 4.69) is 44.3 Å². The van der Waals surface area contributed by atoms with E-state index in [1.807, 2.05) is 61.5 Å². The molecule has 5 heterocycles. The van der Waals surface area contributed by atoms with Crippen LogP contribution in [-0.2, 0) is 6.54 Å². The van der Waals surface area contributed by atoms with E-state index in [-0.39, 0.29) is 36.0 Å². The summed E-state index contributed by atoms with van der Waals surface area (Å²) >= 11 is 0. The molecular formula is C37H35FN8O. The lowest BCUT2D eigenvalue weighted by Crippen LogP contribution is -2.54. The number of fused-ring (bicyclic) bond motifs is 1. The molecule has 1 saturated heterocycles. The molecule has 1 aliphatic heterocycles. The summed E-state index contributed by atoms with van der Waals surface area (Å²) in [5, 5.41) is 7.35. The zero-order valence-electron chi connectivity index (χ0n) is 26.5. The summed E-state index contributed by atoms with van der Waals surface area (Å²) < 4.78 is 17.1. The van der Waals surface area contributed by atoms with Gasteiger partial charge in [-0.05, 0) is 85.5 Å². The Hall–Kier alpha value is -5.48. The van der Waals surface area contributed by atoms with Crippen LogP contribution < -0.4 is 21.1 Å². The second-order valence-electron chi connectivity index (χ2n) is 12.2. The number of aryl methyl sites for hydroxylation is 1. The third-order valence-corrected chi connectivity index (χ3v) is 8.60. The molecule has 0 aliphatic carbocycles. The number of hydrogen-bond acceptors (Lipinski definition) is 8. The second-order valence-corrected chi connectivity index (χ2v) is 12.2. The predicted octanol–water partition coefficient (Wildman–Crippen LogP) is 6.34. The van der Waals surface area contributed by atoms with E-state index in [9.17, 15) is 4.79 Å². The van der Waals surface area contributed by atoms with Crippen LogP contribution in [0.25, 0.3) is 33.3 Å². The molecule has 9 nitrogen and oxygen atoms in total. The predicted molar refractivity (Wildman–Crippen MR) is 184 cm³/mol. The van der Waals surface area contributed by atoms with Crippen molar-refractivity contribution in [1.29, 1.82) is 0 Å². The van der Waals surface area contributed by atoms with Gasteiger partial charge in [-0.1, -0.05) is 24.3 Å². The topological polar surface area (TPSA) is 101 Å². The van der Waals surface area contributed by atoms with Gasteiger partial charge in [-0.15, -0.1) is 0 Å². The average molecular weight is 627 g/mol. The van der Waals surface area contributed by atoms with Crippen LogP contribution in [0.4, 0.5) is 21.7 Å². The van der Waals surface area contributed by atoms with E-state index in [1.54, 1.807) is 41.6 Å². The molecule has 0 unspecified atom stereocenters. The molecule has 47 heavy (non-hydrogen) atoms. The molecule has 2 aromatic carbocycles. The number of halogens is 1. The quantitative estimate of drug-likeness (QED) is 0.212. The molecule has 4 aromatic heterocycles. The molecule has 0 saturated carbocycles. The molecule has 10 heteroatoms. The fourth-order valence-corrected chi connectivity index (χ4v) is 6.45. The van der Waals surface area contributed by atoms with E-state index in [1.165, 1.54) is 6.07 Å². The van der Waals surface area contributed by atoms with Gasteiger partial charge in [0.1, 0.15) is 11.5 Å². The molecule has 6 aromatic rings. The van der Waals surface area contributed by atoms with Crippen molar-refractivity contribution in [2.75, 3.05) is 23.3 Å². The zero-order valence-corrected chi connectivity index (χ0v) is 26.5. The molecule has 2 N–H and O–H groups in total. The Morgan fingerprint density at radius 2 is 1.66 bits per heavy atom. The first-order valence-electron chi connectivity index (χ1n) is 15.7. The molecule has 1 aliphatic rings. The first-order chi connectivity index (χ1) is 22.8. The van der Waals surface area contributed by atoms with Gasteiger partial charge in [-0.25, -0.2) is 9.37 Å². The Morgan fingerprint density at radius 3 is 2.43 bits per heavy atom. The van der Waals surface area contributed by atoms with Gasteiger partial charge in [0.25, 0.3) is 5.56 Å². The zero-order chi connectivity index (χ0) is 32.5. The normalized spacial score (nSPS) is 16.4. The SMILES string of the molecule is Cc1ccccc1-c1cc2cnc(Nc3ccc(N4C[C@@H](C)N[C@@H](C)C4)c(F)c3)nc2n(Cc2ccncc2-c2ccncc2)c1=O. The number of rotatable bonds is 7. The third-order valence-electron chi connectivity index (χ3n) is 8.60. The number of hydrogen-bond donors (Lipinski definition) is 2. The summed E-state index contributed by atoms with van der Waals surface area (Å²) in [4.78, 5) is 34.3. The van der Waals surface area contributed by atoms with E-state index >= 15 is 4.39 Å². The maximum absolute atomic E-state index is 15.4. The Bertz CT molecular complexity index is 2120. The van der Waals surface area contributed by atoms with Crippen molar-refractivity contribution < 1.29 is 4.39 Å². The number of piperazine rings is 1. The summed E-state index contributed by atoms with van der Waals surface area (Å²) in [6.07, 6.45) is 8.69. The van der Waals surface area contributed by atoms with Crippen LogP contribution >= 0.6 is 0 Å². The van der Waals surface area contributed by atoms with Crippen molar-refractivity contribution in [2.24, 2.45) is 0 Å². The molecule has 7 rings (SSSR count). The summed E-state index contributed by atoms with van der Waals surface area (Å²) in [5.74, 6) is -0.0619. The minimum absolute atomic E-state index is 0.177. The van der Waals surface area contributed by atoms with Crippen molar-refractivity contribution in [3.8, 4) is 22.3 Å². The van der Waals surface area contributed by atoms with Crippen LogP contribution in [0, 0.1) is 12.7 Å². The van der Waals surface area contributed by atoms with Gasteiger partial charge >= 0.3 is 0 Å². The number of nitrogens with zero attached hydrogens (tertiary/aromatic N) is 6. The molecule has 1 fully saturated rings. The monoisotopic (exact) mass is 626 g/mol. The van der Waals surface area contributed by atoms with Gasteiger partial charge in [0.15, 0.2) is 0 Å². The van der Waals surface area contributed by atoms with E-state index in [4.69, 9.17) is 4.98 Å². The summed E-state index contributed by atoms with van der Waals surface area (Å²) in [6, 6.07) is 21.0. The maximum Gasteiger partial charge on any atom is 0.260 e. The number of nitrogens with one attached hydrogen (secondary N) is 2. The highest BCUT2D eigenvalue weighted by atomic mass is 19.1. The molecule has 0 radical (unpaired) electrons. The van der Waals surface area contributed by atoms with Crippen LogP contribution in [0.5, 0.6) is 0 Å². The Labute approximate surface area is 272 Å². The molecule has 2 atom stereocenters. The van der Waals surface area contributed by atoms with Gasteiger partial charge in [-0.2, -0.15) is 4.98 Å². The van der Waals surface area contributed by atoms with Crippen LogP contribution in [0.1, 0.15) is 25.0 Å². The van der Waals surface area contributed by atoms with Gasteiger partial charge in [0.05, 0.1) is 12.2 Å². The second kappa shape index (κ2) is 12.7. The number of pyridine rings is 3. The molecule has 0 amide bonds. The van der Waals surface area contributed by atoms with Crippen molar-refractivity contribution in [3.63, 3.8) is 0 Å². The smallest absolute Gasteiger partial charge is 0.260 e. The van der Waals surface area contributed by atoms with Crippen LogP contribution in [-0.4, -0.2) is 49.7 Å². The average Bonchev–Trinajstić information content (AvgIpc) is 3.07. The van der Waals surface area contributed by atoms with Crippen LogP contribution in [0.15, 0.2) is 103 Å². The molecule has 236 valence electrons. The highest BCUT2D eigenvalue weighted by Gasteiger charge is 2.23. The van der Waals surface area contributed by atoms with Gasteiger partial charge in [0, 0.05) is 78.4 Å². The summed E-state index contributed by atoms with van der Waals surface area (Å²) in [7, 11) is 0. The maximum atomic E-state index is 15.4. The summed E-state index contributed by atoms with van der Waals surface area (Å²) in [6.45, 7) is 7.90. The Kier molecular flexibility index (Phi) is 8.17. The first kappa shape index (κ1) is 30.2. The largest absolute Gasteiger partial charge is 0.366 e. The highest BCUT2D eigenvalue weighted by molar-refractivity contribution is 5.83. The minimum atomic E-state index is -0.321. The van der Waals surface area contributed by atoms with Gasteiger partial charge < -0.3 is 15.5 Å². The molecule has 0 spiro atoms. The van der Waals surface area contributed by atoms with E-state index in [0.717, 1.165) is 40.9 Å². The first-order valence-corrected chi connectivity index (χ1v) is 15.7. The van der Waals surface area contributed by atoms with E-state index in [0.29, 0.717) is 28.0 Å². The van der Waals surface area contributed by atoms with E-state index < -0.39 is 0 Å². The number of aromatic nitrogens is 5. The van der Waals surface area contributed by atoms with Crippen molar-refractivity contribution in [1.82, 2.24) is 29.8 Å². The van der Waals surface area contributed by atoms with Gasteiger partial charge in [-0.3, -0.25) is 19.3 Å². The van der Waals surface area contributed by atoms with Crippen LogP contribution in [0.2, 0.25) is 0 Å².